The predicted octanol–water partition coefficient (Wildman–Crippen LogP) is 5.50. The molecule has 5 rings (SSSR count). The number of aromatic hydroxyl groups is 1. The maximum Gasteiger partial charge on any atom is 0.216 e. The van der Waals surface area contributed by atoms with Gasteiger partial charge in [-0.15, -0.1) is 11.3 Å². The third kappa shape index (κ3) is 2.78. The minimum absolute atomic E-state index is 0.0740. The summed E-state index contributed by atoms with van der Waals surface area (Å²) < 4.78 is 1.48. The van der Waals surface area contributed by atoms with E-state index in [1.165, 1.54) is 15.6 Å². The molecule has 130 valence electrons. The molecule has 0 bridgehead atoms. The Hall–Kier alpha value is -3.44. The second-order valence-corrected chi connectivity index (χ2v) is 7.14. The molecule has 2 aromatic carbocycles. The molecule has 0 spiro atoms. The Morgan fingerprint density at radius 2 is 1.52 bits per heavy atom. The van der Waals surface area contributed by atoms with Crippen molar-refractivity contribution in [2.45, 2.75) is 0 Å². The SMILES string of the molecule is Oc1cc(-c2ccccc2)nc2c(-c3cc(-c4ccccc4)cs3)cnn12. The van der Waals surface area contributed by atoms with Gasteiger partial charge in [0.25, 0.3) is 0 Å². The minimum Gasteiger partial charge on any atom is -0.493 e. The first-order valence-corrected chi connectivity index (χ1v) is 9.45. The summed E-state index contributed by atoms with van der Waals surface area (Å²) in [7, 11) is 0. The van der Waals surface area contributed by atoms with Crippen molar-refractivity contribution in [3.05, 3.63) is 84.4 Å². The lowest BCUT2D eigenvalue weighted by atomic mass is 10.1. The van der Waals surface area contributed by atoms with Crippen molar-refractivity contribution in [3.8, 4) is 38.7 Å². The van der Waals surface area contributed by atoms with Crippen LogP contribution in [0.5, 0.6) is 5.88 Å². The van der Waals surface area contributed by atoms with Gasteiger partial charge in [0.1, 0.15) is 0 Å². The standard InChI is InChI=1S/C22H15N3OS/c26-21-12-19(16-9-5-2-6-10-16)24-22-18(13-23-25(21)22)20-11-17(14-27-20)15-7-3-1-4-8-15/h1-14,26H. The molecule has 0 aliphatic rings. The van der Waals surface area contributed by atoms with Gasteiger partial charge in [-0.3, -0.25) is 0 Å². The van der Waals surface area contributed by atoms with Crippen LogP contribution < -0.4 is 0 Å². The zero-order valence-electron chi connectivity index (χ0n) is 14.3. The molecule has 0 saturated carbocycles. The molecular formula is C22H15N3OS. The quantitative estimate of drug-likeness (QED) is 0.457. The highest BCUT2D eigenvalue weighted by Gasteiger charge is 2.15. The van der Waals surface area contributed by atoms with E-state index in [1.807, 2.05) is 48.5 Å². The average molecular weight is 369 g/mol. The highest BCUT2D eigenvalue weighted by atomic mass is 32.1. The first-order valence-electron chi connectivity index (χ1n) is 8.57. The minimum atomic E-state index is 0.0740. The average Bonchev–Trinajstić information content (AvgIpc) is 3.36. The first kappa shape index (κ1) is 15.8. The van der Waals surface area contributed by atoms with Gasteiger partial charge in [0.05, 0.1) is 17.5 Å². The number of nitrogens with zero attached hydrogens (tertiary/aromatic N) is 3. The maximum absolute atomic E-state index is 10.4. The van der Waals surface area contributed by atoms with Crippen molar-refractivity contribution in [2.75, 3.05) is 0 Å². The molecule has 0 radical (unpaired) electrons. The van der Waals surface area contributed by atoms with E-state index in [2.05, 4.69) is 28.7 Å². The number of thiophene rings is 1. The fourth-order valence-electron chi connectivity index (χ4n) is 3.14. The molecule has 0 amide bonds. The molecule has 0 saturated heterocycles. The third-order valence-corrected chi connectivity index (χ3v) is 5.46. The second kappa shape index (κ2) is 6.37. The highest BCUT2D eigenvalue weighted by Crippen LogP contribution is 2.35. The van der Waals surface area contributed by atoms with Gasteiger partial charge in [-0.2, -0.15) is 9.61 Å². The fourth-order valence-corrected chi connectivity index (χ4v) is 4.06. The van der Waals surface area contributed by atoms with E-state index < -0.39 is 0 Å². The summed E-state index contributed by atoms with van der Waals surface area (Å²) in [5, 5.41) is 16.9. The van der Waals surface area contributed by atoms with Crippen LogP contribution >= 0.6 is 11.3 Å². The van der Waals surface area contributed by atoms with E-state index in [0.717, 1.165) is 21.7 Å². The Kier molecular flexibility index (Phi) is 3.73. The Morgan fingerprint density at radius 1 is 0.815 bits per heavy atom. The number of hydrogen-bond acceptors (Lipinski definition) is 4. The number of rotatable bonds is 3. The topological polar surface area (TPSA) is 50.4 Å². The van der Waals surface area contributed by atoms with Crippen molar-refractivity contribution in [1.82, 2.24) is 14.6 Å². The van der Waals surface area contributed by atoms with Crippen LogP contribution in [0.1, 0.15) is 0 Å². The normalized spacial score (nSPS) is 11.1. The Morgan fingerprint density at radius 3 is 2.26 bits per heavy atom. The Bertz CT molecular complexity index is 1230. The molecule has 1 N–H and O–H groups in total. The van der Waals surface area contributed by atoms with Crippen LogP contribution in [0.25, 0.3) is 38.5 Å². The lowest BCUT2D eigenvalue weighted by molar-refractivity contribution is 0.436. The lowest BCUT2D eigenvalue weighted by Crippen LogP contribution is -1.94. The van der Waals surface area contributed by atoms with Gasteiger partial charge in [0.2, 0.25) is 5.88 Å². The van der Waals surface area contributed by atoms with Crippen LogP contribution in [0.4, 0.5) is 0 Å². The van der Waals surface area contributed by atoms with Crippen LogP contribution in [0.15, 0.2) is 84.4 Å². The van der Waals surface area contributed by atoms with E-state index >= 15 is 0 Å². The molecule has 5 aromatic rings. The zero-order valence-corrected chi connectivity index (χ0v) is 15.1. The number of hydrogen-bond donors (Lipinski definition) is 1. The molecule has 0 fully saturated rings. The molecule has 3 heterocycles. The summed E-state index contributed by atoms with van der Waals surface area (Å²) >= 11 is 1.65. The first-order chi connectivity index (χ1) is 13.3. The predicted molar refractivity (Wildman–Crippen MR) is 109 cm³/mol. The van der Waals surface area contributed by atoms with Gasteiger partial charge in [-0.05, 0) is 22.6 Å². The van der Waals surface area contributed by atoms with Crippen LogP contribution in [-0.4, -0.2) is 19.7 Å². The van der Waals surface area contributed by atoms with E-state index in [-0.39, 0.29) is 5.88 Å². The molecule has 0 aliphatic carbocycles. The third-order valence-electron chi connectivity index (χ3n) is 4.49. The summed E-state index contributed by atoms with van der Waals surface area (Å²) in [6, 6.07) is 23.9. The van der Waals surface area contributed by atoms with Gasteiger partial charge < -0.3 is 5.11 Å². The summed E-state index contributed by atoms with van der Waals surface area (Å²) in [5.41, 5.74) is 5.59. The van der Waals surface area contributed by atoms with Crippen molar-refractivity contribution in [2.24, 2.45) is 0 Å². The number of fused-ring (bicyclic) bond motifs is 1. The van der Waals surface area contributed by atoms with E-state index in [1.54, 1.807) is 23.6 Å². The van der Waals surface area contributed by atoms with Gasteiger partial charge in [-0.1, -0.05) is 60.7 Å². The monoisotopic (exact) mass is 369 g/mol. The molecule has 0 atom stereocenters. The zero-order chi connectivity index (χ0) is 18.2. The molecule has 5 heteroatoms. The Labute approximate surface area is 160 Å². The van der Waals surface area contributed by atoms with Crippen LogP contribution in [0.2, 0.25) is 0 Å². The largest absolute Gasteiger partial charge is 0.493 e. The number of aromatic nitrogens is 3. The van der Waals surface area contributed by atoms with Gasteiger partial charge in [0.15, 0.2) is 5.65 Å². The van der Waals surface area contributed by atoms with Crippen LogP contribution in [0, 0.1) is 0 Å². The van der Waals surface area contributed by atoms with Crippen LogP contribution in [-0.2, 0) is 0 Å². The van der Waals surface area contributed by atoms with Gasteiger partial charge >= 0.3 is 0 Å². The van der Waals surface area contributed by atoms with E-state index in [0.29, 0.717) is 5.65 Å². The van der Waals surface area contributed by atoms with E-state index in [9.17, 15) is 5.11 Å². The van der Waals surface area contributed by atoms with E-state index in [4.69, 9.17) is 4.98 Å². The molecule has 27 heavy (non-hydrogen) atoms. The number of benzene rings is 2. The summed E-state index contributed by atoms with van der Waals surface area (Å²) in [6.07, 6.45) is 1.76. The van der Waals surface area contributed by atoms with Gasteiger partial charge in [-0.25, -0.2) is 4.98 Å². The highest BCUT2D eigenvalue weighted by molar-refractivity contribution is 7.14. The molecular weight excluding hydrogens is 354 g/mol. The maximum atomic E-state index is 10.4. The molecule has 0 unspecified atom stereocenters. The van der Waals surface area contributed by atoms with Crippen molar-refractivity contribution < 1.29 is 5.11 Å². The smallest absolute Gasteiger partial charge is 0.216 e. The molecule has 0 aliphatic heterocycles. The van der Waals surface area contributed by atoms with Crippen molar-refractivity contribution in [3.63, 3.8) is 0 Å². The summed E-state index contributed by atoms with van der Waals surface area (Å²) in [5.74, 6) is 0.0740. The second-order valence-electron chi connectivity index (χ2n) is 6.22. The Balaban J connectivity index is 1.64. The van der Waals surface area contributed by atoms with Crippen molar-refractivity contribution >= 4 is 17.0 Å². The summed E-state index contributed by atoms with van der Waals surface area (Å²) in [4.78, 5) is 5.84. The van der Waals surface area contributed by atoms with Crippen LogP contribution in [0.3, 0.4) is 0 Å². The lowest BCUT2D eigenvalue weighted by Gasteiger charge is -2.04. The molecule has 4 nitrogen and oxygen atoms in total. The fraction of sp³-hybridized carbons (Fsp3) is 0. The molecule has 3 aromatic heterocycles. The van der Waals surface area contributed by atoms with Gasteiger partial charge in [0, 0.05) is 16.5 Å². The summed E-state index contributed by atoms with van der Waals surface area (Å²) in [6.45, 7) is 0. The van der Waals surface area contributed by atoms with Crippen molar-refractivity contribution in [1.29, 1.82) is 0 Å².